The van der Waals surface area contributed by atoms with Gasteiger partial charge >= 0.3 is 6.03 Å². The zero-order chi connectivity index (χ0) is 12.8. The first-order valence-electron chi connectivity index (χ1n) is 5.44. The molecule has 0 bridgehead atoms. The second kappa shape index (κ2) is 5.81. The number of urea groups is 1. The number of anilines is 1. The lowest BCUT2D eigenvalue weighted by Gasteiger charge is -2.05. The first-order valence-corrected chi connectivity index (χ1v) is 5.44. The largest absolute Gasteiger partial charge is 0.363 e. The van der Waals surface area contributed by atoms with Gasteiger partial charge in [-0.1, -0.05) is 23.4 Å². The molecule has 0 radical (unpaired) electrons. The van der Waals surface area contributed by atoms with Crippen molar-refractivity contribution < 1.29 is 13.7 Å². The fraction of sp³-hybridized carbons (Fsp3) is 0.167. The molecule has 0 fully saturated rings. The highest BCUT2D eigenvalue weighted by Gasteiger charge is 2.04. The van der Waals surface area contributed by atoms with Gasteiger partial charge in [0.05, 0.1) is 0 Å². The van der Waals surface area contributed by atoms with Crippen molar-refractivity contribution in [2.75, 3.05) is 11.9 Å². The Hall–Kier alpha value is -2.37. The number of carbonyl (C=O) groups excluding carboxylic acids is 1. The summed E-state index contributed by atoms with van der Waals surface area (Å²) in [7, 11) is 0. The van der Waals surface area contributed by atoms with Crippen LogP contribution < -0.4 is 10.6 Å². The predicted molar refractivity (Wildman–Crippen MR) is 63.6 cm³/mol. The maximum absolute atomic E-state index is 13.3. The van der Waals surface area contributed by atoms with Crippen molar-refractivity contribution in [2.45, 2.75) is 6.42 Å². The van der Waals surface area contributed by atoms with E-state index in [1.807, 2.05) is 0 Å². The van der Waals surface area contributed by atoms with Crippen molar-refractivity contribution in [3.63, 3.8) is 0 Å². The lowest BCUT2D eigenvalue weighted by Crippen LogP contribution is -2.30. The van der Waals surface area contributed by atoms with E-state index in [9.17, 15) is 9.18 Å². The number of benzene rings is 1. The van der Waals surface area contributed by atoms with E-state index in [1.54, 1.807) is 18.2 Å². The molecule has 0 atom stereocenters. The van der Waals surface area contributed by atoms with Gasteiger partial charge in [0, 0.05) is 12.6 Å². The van der Waals surface area contributed by atoms with Crippen LogP contribution in [0.3, 0.4) is 0 Å². The van der Waals surface area contributed by atoms with Gasteiger partial charge in [-0.25, -0.2) is 9.18 Å². The van der Waals surface area contributed by atoms with E-state index >= 15 is 0 Å². The molecule has 2 aromatic rings. The Balaban J connectivity index is 1.75. The van der Waals surface area contributed by atoms with Crippen LogP contribution in [0, 0.1) is 5.82 Å². The Morgan fingerprint density at radius 1 is 1.33 bits per heavy atom. The Labute approximate surface area is 103 Å². The van der Waals surface area contributed by atoms with Crippen LogP contribution in [0.1, 0.15) is 5.56 Å². The third-order valence-corrected chi connectivity index (χ3v) is 2.32. The molecule has 94 valence electrons. The third-order valence-electron chi connectivity index (χ3n) is 2.32. The van der Waals surface area contributed by atoms with Crippen LogP contribution in [-0.4, -0.2) is 17.7 Å². The van der Waals surface area contributed by atoms with Gasteiger partial charge in [-0.3, -0.25) is 5.32 Å². The van der Waals surface area contributed by atoms with Crippen LogP contribution in [0.5, 0.6) is 0 Å². The maximum atomic E-state index is 13.3. The van der Waals surface area contributed by atoms with Crippen LogP contribution in [0.15, 0.2) is 41.1 Å². The van der Waals surface area contributed by atoms with Crippen LogP contribution in [0.2, 0.25) is 0 Å². The van der Waals surface area contributed by atoms with Crippen molar-refractivity contribution in [1.29, 1.82) is 0 Å². The van der Waals surface area contributed by atoms with Gasteiger partial charge in [0.15, 0.2) is 5.82 Å². The second-order valence-corrected chi connectivity index (χ2v) is 3.61. The summed E-state index contributed by atoms with van der Waals surface area (Å²) >= 11 is 0. The topological polar surface area (TPSA) is 67.2 Å². The van der Waals surface area contributed by atoms with Gasteiger partial charge in [-0.05, 0) is 18.1 Å². The SMILES string of the molecule is O=C(NCCc1ccccc1F)Nc1ccon1. The monoisotopic (exact) mass is 249 g/mol. The van der Waals surface area contributed by atoms with Gasteiger partial charge in [-0.2, -0.15) is 0 Å². The number of carbonyl (C=O) groups is 1. The molecule has 18 heavy (non-hydrogen) atoms. The molecule has 0 spiro atoms. The van der Waals surface area contributed by atoms with E-state index in [4.69, 9.17) is 0 Å². The number of aromatic nitrogens is 1. The molecule has 2 rings (SSSR count). The normalized spacial score (nSPS) is 10.1. The number of hydrogen-bond acceptors (Lipinski definition) is 3. The smallest absolute Gasteiger partial charge is 0.320 e. The lowest BCUT2D eigenvalue weighted by molar-refractivity contribution is 0.252. The molecule has 0 unspecified atom stereocenters. The predicted octanol–water partition coefficient (Wildman–Crippen LogP) is 2.18. The van der Waals surface area contributed by atoms with E-state index in [2.05, 4.69) is 20.3 Å². The number of nitrogens with zero attached hydrogens (tertiary/aromatic N) is 1. The first kappa shape index (κ1) is 12.1. The highest BCUT2D eigenvalue weighted by Crippen LogP contribution is 2.06. The number of amides is 2. The first-order chi connectivity index (χ1) is 8.75. The van der Waals surface area contributed by atoms with Gasteiger partial charge < -0.3 is 9.84 Å². The quantitative estimate of drug-likeness (QED) is 0.872. The fourth-order valence-corrected chi connectivity index (χ4v) is 1.45. The summed E-state index contributed by atoms with van der Waals surface area (Å²) in [5.74, 6) is 0.0644. The Morgan fingerprint density at radius 2 is 2.17 bits per heavy atom. The standard InChI is InChI=1S/C12H12FN3O2/c13-10-4-2-1-3-9(10)5-7-14-12(17)15-11-6-8-18-16-11/h1-4,6,8H,5,7H2,(H2,14,15,16,17). The Kier molecular flexibility index (Phi) is 3.90. The van der Waals surface area contributed by atoms with E-state index in [0.29, 0.717) is 24.3 Å². The summed E-state index contributed by atoms with van der Waals surface area (Å²) in [4.78, 5) is 11.4. The Morgan fingerprint density at radius 3 is 2.89 bits per heavy atom. The molecule has 1 heterocycles. The van der Waals surface area contributed by atoms with Crippen LogP contribution in [0.25, 0.3) is 0 Å². The zero-order valence-corrected chi connectivity index (χ0v) is 9.52. The van der Waals surface area contributed by atoms with E-state index in [1.165, 1.54) is 18.4 Å². The van der Waals surface area contributed by atoms with E-state index < -0.39 is 6.03 Å². The van der Waals surface area contributed by atoms with Crippen LogP contribution in [-0.2, 0) is 6.42 Å². The highest BCUT2D eigenvalue weighted by molar-refractivity contribution is 5.87. The molecule has 1 aromatic carbocycles. The summed E-state index contributed by atoms with van der Waals surface area (Å²) in [6.45, 7) is 0.338. The second-order valence-electron chi connectivity index (χ2n) is 3.61. The van der Waals surface area contributed by atoms with Gasteiger partial charge in [0.25, 0.3) is 0 Å². The molecule has 0 saturated heterocycles. The van der Waals surface area contributed by atoms with E-state index in [-0.39, 0.29) is 5.82 Å². The number of nitrogens with one attached hydrogen (secondary N) is 2. The molecule has 1 aromatic heterocycles. The molecule has 5 nitrogen and oxygen atoms in total. The molecule has 2 amide bonds. The lowest BCUT2D eigenvalue weighted by atomic mass is 10.1. The number of halogens is 1. The van der Waals surface area contributed by atoms with Crippen LogP contribution in [0.4, 0.5) is 15.0 Å². The fourth-order valence-electron chi connectivity index (χ4n) is 1.45. The molecule has 0 aliphatic carbocycles. The molecule has 2 N–H and O–H groups in total. The molecular formula is C12H12FN3O2. The highest BCUT2D eigenvalue weighted by atomic mass is 19.1. The zero-order valence-electron chi connectivity index (χ0n) is 9.52. The molecular weight excluding hydrogens is 237 g/mol. The average Bonchev–Trinajstić information content (AvgIpc) is 2.84. The summed E-state index contributed by atoms with van der Waals surface area (Å²) < 4.78 is 17.8. The minimum Gasteiger partial charge on any atom is -0.363 e. The van der Waals surface area contributed by atoms with Gasteiger partial charge in [-0.15, -0.1) is 0 Å². The summed E-state index contributed by atoms with van der Waals surface area (Å²) in [6, 6.07) is 7.59. The van der Waals surface area contributed by atoms with Crippen LogP contribution >= 0.6 is 0 Å². The van der Waals surface area contributed by atoms with Gasteiger partial charge in [0.1, 0.15) is 12.1 Å². The number of rotatable bonds is 4. The minimum absolute atomic E-state index is 0.267. The number of hydrogen-bond donors (Lipinski definition) is 2. The average molecular weight is 249 g/mol. The van der Waals surface area contributed by atoms with E-state index in [0.717, 1.165) is 0 Å². The van der Waals surface area contributed by atoms with Crippen molar-refractivity contribution in [3.8, 4) is 0 Å². The Bertz CT molecular complexity index is 514. The van der Waals surface area contributed by atoms with Crippen molar-refractivity contribution in [2.24, 2.45) is 0 Å². The summed E-state index contributed by atoms with van der Waals surface area (Å²) in [6.07, 6.45) is 1.79. The minimum atomic E-state index is -0.403. The molecule has 0 aliphatic rings. The van der Waals surface area contributed by atoms with Gasteiger partial charge in [0.2, 0.25) is 0 Å². The maximum Gasteiger partial charge on any atom is 0.320 e. The van der Waals surface area contributed by atoms with Crippen molar-refractivity contribution in [1.82, 2.24) is 10.5 Å². The van der Waals surface area contributed by atoms with Crippen molar-refractivity contribution >= 4 is 11.8 Å². The molecule has 0 saturated carbocycles. The third kappa shape index (κ3) is 3.31. The summed E-state index contributed by atoms with van der Waals surface area (Å²) in [5, 5.41) is 8.60. The van der Waals surface area contributed by atoms with Crippen molar-refractivity contribution in [3.05, 3.63) is 48.0 Å². The summed E-state index contributed by atoms with van der Waals surface area (Å²) in [5.41, 5.74) is 0.569. The molecule has 0 aliphatic heterocycles. The molecule has 6 heteroatoms.